The molecule has 3 aromatic rings. The number of hydrogen-bond acceptors (Lipinski definition) is 4. The summed E-state index contributed by atoms with van der Waals surface area (Å²) in [4.78, 5) is 18.4. The number of aldehydes is 1. The van der Waals surface area contributed by atoms with Gasteiger partial charge in [-0.3, -0.25) is 4.79 Å². The van der Waals surface area contributed by atoms with E-state index in [0.29, 0.717) is 10.6 Å². The summed E-state index contributed by atoms with van der Waals surface area (Å²) in [5.74, 6) is 1.70. The predicted molar refractivity (Wildman–Crippen MR) is 104 cm³/mol. The van der Waals surface area contributed by atoms with E-state index >= 15 is 0 Å². The summed E-state index contributed by atoms with van der Waals surface area (Å²) < 4.78 is 6.05. The molecule has 4 rings (SSSR count). The predicted octanol–water partition coefficient (Wildman–Crippen LogP) is 4.75. The average molecular weight is 367 g/mol. The van der Waals surface area contributed by atoms with Crippen molar-refractivity contribution in [2.75, 3.05) is 18.0 Å². The fraction of sp³-hybridized carbons (Fsp3) is 0.238. The highest BCUT2D eigenvalue weighted by atomic mass is 35.5. The Balaban J connectivity index is 1.47. The quantitative estimate of drug-likeness (QED) is 0.625. The molecule has 1 saturated heterocycles. The second kappa shape index (κ2) is 7.34. The average Bonchev–Trinajstić information content (AvgIpc) is 2.69. The molecule has 0 unspecified atom stereocenters. The first-order chi connectivity index (χ1) is 12.7. The van der Waals surface area contributed by atoms with Gasteiger partial charge in [-0.15, -0.1) is 0 Å². The maximum atomic E-state index is 11.5. The maximum Gasteiger partial charge on any atom is 0.150 e. The van der Waals surface area contributed by atoms with Crippen LogP contribution in [0.3, 0.4) is 0 Å². The van der Waals surface area contributed by atoms with Crippen LogP contribution in [0, 0.1) is 0 Å². The van der Waals surface area contributed by atoms with Crippen molar-refractivity contribution in [3.05, 3.63) is 65.2 Å². The lowest BCUT2D eigenvalue weighted by atomic mass is 10.1. The number of piperidine rings is 1. The molecule has 0 saturated carbocycles. The minimum absolute atomic E-state index is 0.179. The van der Waals surface area contributed by atoms with Crippen molar-refractivity contribution in [2.24, 2.45) is 0 Å². The molecule has 1 aliphatic heterocycles. The molecule has 0 N–H and O–H groups in total. The number of hydrogen-bond donors (Lipinski definition) is 0. The lowest BCUT2D eigenvalue weighted by Crippen LogP contribution is -2.38. The highest BCUT2D eigenvalue weighted by molar-refractivity contribution is 6.30. The highest BCUT2D eigenvalue weighted by Crippen LogP contribution is 2.26. The minimum Gasteiger partial charge on any atom is -0.490 e. The lowest BCUT2D eigenvalue weighted by molar-refractivity contribution is 0.112. The Hall–Kier alpha value is -2.59. The summed E-state index contributed by atoms with van der Waals surface area (Å²) in [6.45, 7) is 1.70. The Morgan fingerprint density at radius 3 is 2.54 bits per heavy atom. The van der Waals surface area contributed by atoms with Gasteiger partial charge in [-0.25, -0.2) is 4.98 Å². The summed E-state index contributed by atoms with van der Waals surface area (Å²) in [7, 11) is 0. The van der Waals surface area contributed by atoms with E-state index in [0.717, 1.165) is 54.7 Å². The summed E-state index contributed by atoms with van der Waals surface area (Å²) in [5, 5.41) is 1.60. The molecule has 132 valence electrons. The van der Waals surface area contributed by atoms with Crippen molar-refractivity contribution in [3.63, 3.8) is 0 Å². The zero-order chi connectivity index (χ0) is 17.9. The number of anilines is 1. The van der Waals surface area contributed by atoms with Crippen LogP contribution in [0.4, 0.5) is 5.82 Å². The van der Waals surface area contributed by atoms with Gasteiger partial charge < -0.3 is 9.64 Å². The van der Waals surface area contributed by atoms with Crippen LogP contribution < -0.4 is 9.64 Å². The molecule has 1 aromatic heterocycles. The first kappa shape index (κ1) is 16.9. The molecule has 0 aliphatic carbocycles. The van der Waals surface area contributed by atoms with Crippen LogP contribution in [-0.4, -0.2) is 30.5 Å². The SMILES string of the molecule is O=Cc1cc(N2CCC(Oc3ccc(Cl)cc3)CC2)nc2ccccc12. The molecular weight excluding hydrogens is 348 g/mol. The van der Waals surface area contributed by atoms with E-state index < -0.39 is 0 Å². The monoisotopic (exact) mass is 366 g/mol. The number of pyridine rings is 1. The van der Waals surface area contributed by atoms with E-state index in [9.17, 15) is 4.79 Å². The van der Waals surface area contributed by atoms with Crippen LogP contribution >= 0.6 is 11.6 Å². The van der Waals surface area contributed by atoms with Gasteiger partial charge in [0.1, 0.15) is 17.7 Å². The number of rotatable bonds is 4. The molecule has 0 bridgehead atoms. The number of nitrogens with zero attached hydrogens (tertiary/aromatic N) is 2. The van der Waals surface area contributed by atoms with E-state index in [1.54, 1.807) is 0 Å². The van der Waals surface area contributed by atoms with Crippen LogP contribution in [0.2, 0.25) is 5.02 Å². The molecule has 2 aromatic carbocycles. The number of fused-ring (bicyclic) bond motifs is 1. The Morgan fingerprint density at radius 2 is 1.81 bits per heavy atom. The zero-order valence-electron chi connectivity index (χ0n) is 14.3. The number of para-hydroxylation sites is 1. The first-order valence-electron chi connectivity index (χ1n) is 8.75. The van der Waals surface area contributed by atoms with Gasteiger partial charge >= 0.3 is 0 Å². The molecule has 2 heterocycles. The third-order valence-electron chi connectivity index (χ3n) is 4.74. The summed E-state index contributed by atoms with van der Waals surface area (Å²) in [6.07, 6.45) is 2.91. The van der Waals surface area contributed by atoms with E-state index in [-0.39, 0.29) is 6.10 Å². The molecule has 0 atom stereocenters. The summed E-state index contributed by atoms with van der Waals surface area (Å²) in [5.41, 5.74) is 1.54. The van der Waals surface area contributed by atoms with Crippen molar-refractivity contribution in [1.82, 2.24) is 4.98 Å². The van der Waals surface area contributed by atoms with Gasteiger partial charge in [-0.2, -0.15) is 0 Å². The Labute approximate surface area is 157 Å². The van der Waals surface area contributed by atoms with Gasteiger partial charge in [0, 0.05) is 41.9 Å². The minimum atomic E-state index is 0.179. The van der Waals surface area contributed by atoms with Crippen LogP contribution in [0.15, 0.2) is 54.6 Å². The Morgan fingerprint density at radius 1 is 1.08 bits per heavy atom. The number of benzene rings is 2. The van der Waals surface area contributed by atoms with E-state index in [4.69, 9.17) is 21.3 Å². The van der Waals surface area contributed by atoms with E-state index in [2.05, 4.69) is 4.90 Å². The number of carbonyl (C=O) groups excluding carboxylic acids is 1. The number of aromatic nitrogens is 1. The van der Waals surface area contributed by atoms with Crippen molar-refractivity contribution < 1.29 is 9.53 Å². The fourth-order valence-corrected chi connectivity index (χ4v) is 3.48. The Kier molecular flexibility index (Phi) is 4.76. The third-order valence-corrected chi connectivity index (χ3v) is 5.00. The number of ether oxygens (including phenoxy) is 1. The second-order valence-electron chi connectivity index (χ2n) is 6.46. The van der Waals surface area contributed by atoms with Gasteiger partial charge in [0.05, 0.1) is 5.52 Å². The Bertz CT molecular complexity index is 919. The van der Waals surface area contributed by atoms with Crippen molar-refractivity contribution in [1.29, 1.82) is 0 Å². The van der Waals surface area contributed by atoms with Crippen LogP contribution in [-0.2, 0) is 0 Å². The van der Waals surface area contributed by atoms with Crippen molar-refractivity contribution in [2.45, 2.75) is 18.9 Å². The highest BCUT2D eigenvalue weighted by Gasteiger charge is 2.22. The second-order valence-corrected chi connectivity index (χ2v) is 6.90. The smallest absolute Gasteiger partial charge is 0.150 e. The molecule has 0 spiro atoms. The standard InChI is InChI=1S/C21H19ClN2O2/c22-16-5-7-17(8-6-16)26-18-9-11-24(12-10-18)21-13-15(14-25)19-3-1-2-4-20(19)23-21/h1-8,13-14,18H,9-12H2. The lowest BCUT2D eigenvalue weighted by Gasteiger charge is -2.33. The summed E-state index contributed by atoms with van der Waals surface area (Å²) in [6, 6.07) is 17.1. The van der Waals surface area contributed by atoms with Crippen molar-refractivity contribution >= 4 is 34.6 Å². The third kappa shape index (κ3) is 3.51. The number of halogens is 1. The molecule has 5 heteroatoms. The first-order valence-corrected chi connectivity index (χ1v) is 9.13. The molecule has 0 amide bonds. The zero-order valence-corrected chi connectivity index (χ0v) is 15.0. The normalized spacial score (nSPS) is 15.2. The maximum absolute atomic E-state index is 11.5. The topological polar surface area (TPSA) is 42.4 Å². The fourth-order valence-electron chi connectivity index (χ4n) is 3.36. The van der Waals surface area contributed by atoms with E-state index in [1.165, 1.54) is 0 Å². The molecular formula is C21H19ClN2O2. The largest absolute Gasteiger partial charge is 0.490 e. The summed E-state index contributed by atoms with van der Waals surface area (Å²) >= 11 is 5.91. The number of carbonyl (C=O) groups is 1. The van der Waals surface area contributed by atoms with Gasteiger partial charge in [-0.1, -0.05) is 29.8 Å². The van der Waals surface area contributed by atoms with Gasteiger partial charge in [-0.05, 0) is 36.4 Å². The van der Waals surface area contributed by atoms with Crippen molar-refractivity contribution in [3.8, 4) is 5.75 Å². The van der Waals surface area contributed by atoms with Gasteiger partial charge in [0.25, 0.3) is 0 Å². The van der Waals surface area contributed by atoms with Crippen LogP contribution in [0.25, 0.3) is 10.9 Å². The molecule has 1 aliphatic rings. The van der Waals surface area contributed by atoms with Gasteiger partial charge in [0.2, 0.25) is 0 Å². The van der Waals surface area contributed by atoms with Crippen LogP contribution in [0.1, 0.15) is 23.2 Å². The molecule has 1 fully saturated rings. The molecule has 26 heavy (non-hydrogen) atoms. The van der Waals surface area contributed by atoms with Crippen LogP contribution in [0.5, 0.6) is 5.75 Å². The molecule has 4 nitrogen and oxygen atoms in total. The van der Waals surface area contributed by atoms with Gasteiger partial charge in [0.15, 0.2) is 6.29 Å². The van der Waals surface area contributed by atoms with E-state index in [1.807, 2.05) is 54.6 Å². The molecule has 0 radical (unpaired) electrons.